The molecule has 1 atom stereocenters. The fraction of sp³-hybridized carbons (Fsp3) is 0.636. The number of carboxylic acid groups (broad SMARTS) is 1. The first-order valence-corrected chi connectivity index (χ1v) is 5.70. The molecule has 0 aromatic carbocycles. The Morgan fingerprint density at radius 1 is 1.61 bits per heavy atom. The summed E-state index contributed by atoms with van der Waals surface area (Å²) in [6, 6.07) is 0. The molecule has 0 radical (unpaired) electrons. The van der Waals surface area contributed by atoms with E-state index < -0.39 is 18.4 Å². The normalized spacial score (nSPS) is 13.2. The second-order valence-corrected chi connectivity index (χ2v) is 4.10. The van der Waals surface area contributed by atoms with Gasteiger partial charge in [0.25, 0.3) is 0 Å². The SMILES string of the molecule is CCN(Cc1nccn1C(F)F)CC(C)C(=O)O. The number of aromatic nitrogens is 2. The number of halogens is 2. The van der Waals surface area contributed by atoms with Gasteiger partial charge in [0.05, 0.1) is 12.5 Å². The van der Waals surface area contributed by atoms with Crippen LogP contribution in [-0.2, 0) is 11.3 Å². The van der Waals surface area contributed by atoms with E-state index in [1.165, 1.54) is 12.4 Å². The zero-order valence-electron chi connectivity index (χ0n) is 10.4. The maximum atomic E-state index is 12.6. The minimum Gasteiger partial charge on any atom is -0.481 e. The standard InChI is InChI=1S/C11H17F2N3O2/c1-3-15(6-8(2)10(17)18)7-9-14-4-5-16(9)11(12)13/h4-5,8,11H,3,6-7H2,1-2H3,(H,17,18). The first-order chi connectivity index (χ1) is 8.45. The summed E-state index contributed by atoms with van der Waals surface area (Å²) < 4.78 is 26.0. The third-order valence-electron chi connectivity index (χ3n) is 2.73. The lowest BCUT2D eigenvalue weighted by molar-refractivity contribution is -0.141. The number of carbonyl (C=O) groups is 1. The molecule has 0 saturated carbocycles. The molecule has 0 aliphatic carbocycles. The van der Waals surface area contributed by atoms with Crippen LogP contribution < -0.4 is 0 Å². The summed E-state index contributed by atoms with van der Waals surface area (Å²) in [6.45, 7) is 1.91. The molecule has 18 heavy (non-hydrogen) atoms. The van der Waals surface area contributed by atoms with Gasteiger partial charge in [-0.3, -0.25) is 14.3 Å². The molecule has 0 amide bonds. The molecule has 1 aromatic rings. The quantitative estimate of drug-likeness (QED) is 0.813. The van der Waals surface area contributed by atoms with Crippen LogP contribution in [0, 0.1) is 5.92 Å². The molecule has 0 bridgehead atoms. The summed E-state index contributed by atoms with van der Waals surface area (Å²) in [4.78, 5) is 16.4. The minimum absolute atomic E-state index is 0.214. The monoisotopic (exact) mass is 261 g/mol. The molecule has 7 heteroatoms. The molecule has 1 rings (SSSR count). The summed E-state index contributed by atoms with van der Waals surface area (Å²) in [5, 5.41) is 8.83. The zero-order valence-corrected chi connectivity index (χ0v) is 10.4. The second-order valence-electron chi connectivity index (χ2n) is 4.10. The van der Waals surface area contributed by atoms with E-state index in [1.807, 2.05) is 6.92 Å². The number of aliphatic carboxylic acids is 1. The molecule has 0 saturated heterocycles. The number of nitrogens with zero attached hydrogens (tertiary/aromatic N) is 3. The molecular formula is C11H17F2N3O2. The molecule has 5 nitrogen and oxygen atoms in total. The highest BCUT2D eigenvalue weighted by molar-refractivity contribution is 5.69. The fourth-order valence-electron chi connectivity index (χ4n) is 1.61. The van der Waals surface area contributed by atoms with Gasteiger partial charge in [-0.25, -0.2) is 4.98 Å². The Morgan fingerprint density at radius 3 is 2.78 bits per heavy atom. The third kappa shape index (κ3) is 3.76. The van der Waals surface area contributed by atoms with Crippen LogP contribution >= 0.6 is 0 Å². The van der Waals surface area contributed by atoms with Crippen molar-refractivity contribution in [2.24, 2.45) is 5.92 Å². The van der Waals surface area contributed by atoms with Crippen molar-refractivity contribution in [1.82, 2.24) is 14.5 Å². The van der Waals surface area contributed by atoms with Crippen LogP contribution in [0.1, 0.15) is 26.2 Å². The number of hydrogen-bond acceptors (Lipinski definition) is 3. The van der Waals surface area contributed by atoms with Crippen LogP contribution in [0.25, 0.3) is 0 Å². The Morgan fingerprint density at radius 2 is 2.28 bits per heavy atom. The molecule has 1 N–H and O–H groups in total. The summed E-state index contributed by atoms with van der Waals surface area (Å²) in [7, 11) is 0. The van der Waals surface area contributed by atoms with Crippen molar-refractivity contribution in [2.75, 3.05) is 13.1 Å². The maximum absolute atomic E-state index is 12.6. The number of rotatable bonds is 7. The second kappa shape index (κ2) is 6.44. The van der Waals surface area contributed by atoms with Crippen LogP contribution in [0.4, 0.5) is 8.78 Å². The first kappa shape index (κ1) is 14.6. The molecule has 102 valence electrons. The molecule has 0 fully saturated rings. The molecule has 0 aliphatic heterocycles. The van der Waals surface area contributed by atoms with E-state index in [-0.39, 0.29) is 12.4 Å². The van der Waals surface area contributed by atoms with Crippen LogP contribution in [0.15, 0.2) is 12.4 Å². The Hall–Kier alpha value is -1.50. The first-order valence-electron chi connectivity index (χ1n) is 5.70. The highest BCUT2D eigenvalue weighted by atomic mass is 19.3. The van der Waals surface area contributed by atoms with Crippen molar-refractivity contribution < 1.29 is 18.7 Å². The van der Waals surface area contributed by atoms with E-state index in [0.29, 0.717) is 13.1 Å². The van der Waals surface area contributed by atoms with Gasteiger partial charge in [0.1, 0.15) is 5.82 Å². The van der Waals surface area contributed by atoms with Gasteiger partial charge in [0.2, 0.25) is 0 Å². The van der Waals surface area contributed by atoms with E-state index >= 15 is 0 Å². The maximum Gasteiger partial charge on any atom is 0.319 e. The van der Waals surface area contributed by atoms with Crippen molar-refractivity contribution in [3.05, 3.63) is 18.2 Å². The third-order valence-corrected chi connectivity index (χ3v) is 2.73. The summed E-state index contributed by atoms with van der Waals surface area (Å²) >= 11 is 0. The Kier molecular flexibility index (Phi) is 5.21. The van der Waals surface area contributed by atoms with Crippen molar-refractivity contribution in [3.8, 4) is 0 Å². The molecule has 1 aromatic heterocycles. The Bertz CT molecular complexity index is 395. The minimum atomic E-state index is -2.63. The molecule has 1 heterocycles. The van der Waals surface area contributed by atoms with Gasteiger partial charge in [0.15, 0.2) is 0 Å². The van der Waals surface area contributed by atoms with E-state index in [4.69, 9.17) is 5.11 Å². The predicted molar refractivity (Wildman–Crippen MR) is 61.2 cm³/mol. The van der Waals surface area contributed by atoms with Crippen LogP contribution in [0.3, 0.4) is 0 Å². The number of imidazole rings is 1. The lowest BCUT2D eigenvalue weighted by Crippen LogP contribution is -2.32. The van der Waals surface area contributed by atoms with Crippen LogP contribution in [-0.4, -0.2) is 38.6 Å². The summed E-state index contributed by atoms with van der Waals surface area (Å²) in [5.41, 5.74) is 0. The summed E-state index contributed by atoms with van der Waals surface area (Å²) in [5.74, 6) is -1.20. The topological polar surface area (TPSA) is 58.4 Å². The number of carboxylic acids is 1. The number of hydrogen-bond donors (Lipinski definition) is 1. The average Bonchev–Trinajstić information content (AvgIpc) is 2.75. The van der Waals surface area contributed by atoms with Gasteiger partial charge < -0.3 is 5.11 Å². The lowest BCUT2D eigenvalue weighted by Gasteiger charge is -2.22. The fourth-order valence-corrected chi connectivity index (χ4v) is 1.61. The van der Waals surface area contributed by atoms with E-state index in [0.717, 1.165) is 4.57 Å². The van der Waals surface area contributed by atoms with Gasteiger partial charge in [-0.05, 0) is 6.54 Å². The van der Waals surface area contributed by atoms with Crippen molar-refractivity contribution in [2.45, 2.75) is 26.9 Å². The highest BCUT2D eigenvalue weighted by Crippen LogP contribution is 2.14. The Labute approximate surface area is 104 Å². The molecule has 1 unspecified atom stereocenters. The highest BCUT2D eigenvalue weighted by Gasteiger charge is 2.18. The predicted octanol–water partition coefficient (Wildman–Crippen LogP) is 1.82. The Balaban J connectivity index is 2.68. The largest absolute Gasteiger partial charge is 0.481 e. The van der Waals surface area contributed by atoms with E-state index in [2.05, 4.69) is 4.98 Å². The van der Waals surface area contributed by atoms with Crippen molar-refractivity contribution in [3.63, 3.8) is 0 Å². The van der Waals surface area contributed by atoms with Crippen molar-refractivity contribution in [1.29, 1.82) is 0 Å². The summed E-state index contributed by atoms with van der Waals surface area (Å²) in [6.07, 6.45) is 2.53. The van der Waals surface area contributed by atoms with Crippen molar-refractivity contribution >= 4 is 5.97 Å². The van der Waals surface area contributed by atoms with Gasteiger partial charge in [-0.2, -0.15) is 8.78 Å². The van der Waals surface area contributed by atoms with Gasteiger partial charge in [0, 0.05) is 18.9 Å². The average molecular weight is 261 g/mol. The lowest BCUT2D eigenvalue weighted by atomic mass is 10.1. The number of alkyl halides is 2. The van der Waals surface area contributed by atoms with E-state index in [1.54, 1.807) is 11.8 Å². The van der Waals surface area contributed by atoms with E-state index in [9.17, 15) is 13.6 Å². The van der Waals surface area contributed by atoms with Crippen LogP contribution in [0.5, 0.6) is 0 Å². The molecular weight excluding hydrogens is 244 g/mol. The van der Waals surface area contributed by atoms with Gasteiger partial charge in [-0.1, -0.05) is 13.8 Å². The molecule has 0 aliphatic rings. The van der Waals surface area contributed by atoms with Crippen LogP contribution in [0.2, 0.25) is 0 Å². The van der Waals surface area contributed by atoms with Gasteiger partial charge in [-0.15, -0.1) is 0 Å². The zero-order chi connectivity index (χ0) is 13.7. The molecule has 0 spiro atoms. The smallest absolute Gasteiger partial charge is 0.319 e. The van der Waals surface area contributed by atoms with Gasteiger partial charge >= 0.3 is 12.5 Å².